The first-order valence-electron chi connectivity index (χ1n) is 8.84. The van der Waals surface area contributed by atoms with Crippen molar-refractivity contribution in [2.45, 2.75) is 26.9 Å². The molecule has 0 aliphatic heterocycles. The highest BCUT2D eigenvalue weighted by Crippen LogP contribution is 2.20. The van der Waals surface area contributed by atoms with Crippen LogP contribution in [-0.4, -0.2) is 28.7 Å². The third-order valence-electron chi connectivity index (χ3n) is 4.28. The van der Waals surface area contributed by atoms with Crippen molar-refractivity contribution in [2.75, 3.05) is 5.32 Å². The molecule has 0 aliphatic carbocycles. The number of benzene rings is 2. The first-order valence-corrected chi connectivity index (χ1v) is 8.84. The molecule has 1 N–H and O–H groups in total. The summed E-state index contributed by atoms with van der Waals surface area (Å²) in [6.45, 7) is 4.77. The van der Waals surface area contributed by atoms with E-state index in [2.05, 4.69) is 10.3 Å². The minimum atomic E-state index is -0.993. The van der Waals surface area contributed by atoms with Gasteiger partial charge < -0.3 is 10.1 Å². The Kier molecular flexibility index (Phi) is 5.49. The van der Waals surface area contributed by atoms with Gasteiger partial charge in [0, 0.05) is 22.3 Å². The van der Waals surface area contributed by atoms with Gasteiger partial charge in [-0.1, -0.05) is 18.2 Å². The monoisotopic (exact) mass is 376 g/mol. The van der Waals surface area contributed by atoms with Gasteiger partial charge in [0.15, 0.2) is 11.9 Å². The molecule has 3 aromatic rings. The second-order valence-electron chi connectivity index (χ2n) is 6.50. The molecule has 0 saturated carbocycles. The molecule has 0 aliphatic rings. The number of aromatic nitrogens is 1. The Morgan fingerprint density at radius 1 is 1.04 bits per heavy atom. The number of ketones is 1. The number of anilines is 1. The summed E-state index contributed by atoms with van der Waals surface area (Å²) in [7, 11) is 0. The smallest absolute Gasteiger partial charge is 0.339 e. The predicted molar refractivity (Wildman–Crippen MR) is 106 cm³/mol. The van der Waals surface area contributed by atoms with E-state index in [0.717, 1.165) is 0 Å². The van der Waals surface area contributed by atoms with E-state index in [1.54, 1.807) is 43.3 Å². The van der Waals surface area contributed by atoms with Gasteiger partial charge in [-0.05, 0) is 57.2 Å². The number of carbonyl (C=O) groups is 3. The van der Waals surface area contributed by atoms with Crippen LogP contribution >= 0.6 is 0 Å². The van der Waals surface area contributed by atoms with Crippen LogP contribution in [-0.2, 0) is 9.53 Å². The molecule has 1 aromatic heterocycles. The lowest BCUT2D eigenvalue weighted by Crippen LogP contribution is -2.30. The van der Waals surface area contributed by atoms with Gasteiger partial charge in [-0.25, -0.2) is 4.79 Å². The first kappa shape index (κ1) is 19.2. The maximum Gasteiger partial charge on any atom is 0.339 e. The summed E-state index contributed by atoms with van der Waals surface area (Å²) in [5, 5.41) is 3.35. The average Bonchev–Trinajstić information content (AvgIpc) is 2.67. The number of amides is 1. The minimum absolute atomic E-state index is 0.0555. The van der Waals surface area contributed by atoms with E-state index in [9.17, 15) is 14.4 Å². The van der Waals surface area contributed by atoms with Crippen molar-refractivity contribution in [2.24, 2.45) is 0 Å². The Morgan fingerprint density at radius 3 is 2.39 bits per heavy atom. The number of aryl methyl sites for hydroxylation is 1. The van der Waals surface area contributed by atoms with Gasteiger partial charge in [-0.15, -0.1) is 0 Å². The summed E-state index contributed by atoms with van der Waals surface area (Å²) in [6.07, 6.45) is -0.993. The van der Waals surface area contributed by atoms with Crippen LogP contribution in [0.2, 0.25) is 0 Å². The number of Topliss-reactive ketones (excluding diaryl/α,β-unsaturated/α-hetero) is 1. The van der Waals surface area contributed by atoms with Gasteiger partial charge in [0.2, 0.25) is 0 Å². The highest BCUT2D eigenvalue weighted by atomic mass is 16.5. The van der Waals surface area contributed by atoms with Crippen LogP contribution in [0.5, 0.6) is 0 Å². The van der Waals surface area contributed by atoms with Gasteiger partial charge in [-0.2, -0.15) is 0 Å². The van der Waals surface area contributed by atoms with E-state index >= 15 is 0 Å². The Bertz CT molecular complexity index is 1060. The van der Waals surface area contributed by atoms with Gasteiger partial charge >= 0.3 is 5.97 Å². The number of nitrogens with one attached hydrogen (secondary N) is 1. The molecule has 0 fully saturated rings. The summed E-state index contributed by atoms with van der Waals surface area (Å²) < 4.78 is 5.36. The number of hydrogen-bond acceptors (Lipinski definition) is 5. The van der Waals surface area contributed by atoms with Crippen LogP contribution in [0.4, 0.5) is 5.69 Å². The van der Waals surface area contributed by atoms with Crippen LogP contribution in [0.25, 0.3) is 10.9 Å². The highest BCUT2D eigenvalue weighted by Gasteiger charge is 2.21. The zero-order valence-corrected chi connectivity index (χ0v) is 15.9. The number of ether oxygens (including phenoxy) is 1. The minimum Gasteiger partial charge on any atom is -0.449 e. The van der Waals surface area contributed by atoms with Gasteiger partial charge in [0.25, 0.3) is 5.91 Å². The molecular formula is C22H20N2O4. The molecule has 3 rings (SSSR count). The molecule has 0 bridgehead atoms. The third kappa shape index (κ3) is 4.23. The molecule has 0 saturated heterocycles. The maximum absolute atomic E-state index is 12.6. The Balaban J connectivity index is 1.72. The molecule has 1 heterocycles. The molecule has 2 aromatic carbocycles. The lowest BCUT2D eigenvalue weighted by Gasteiger charge is -2.15. The van der Waals surface area contributed by atoms with Crippen molar-refractivity contribution in [1.29, 1.82) is 0 Å². The molecule has 142 valence electrons. The van der Waals surface area contributed by atoms with E-state index in [-0.39, 0.29) is 5.78 Å². The van der Waals surface area contributed by atoms with E-state index < -0.39 is 18.0 Å². The van der Waals surface area contributed by atoms with Crippen LogP contribution in [0.15, 0.2) is 54.6 Å². The SMILES string of the molecule is CC(=O)c1ccc(NC(=O)[C@H](C)OC(=O)c2cc(C)nc3ccccc23)cc1. The van der Waals surface area contributed by atoms with Gasteiger partial charge in [-0.3, -0.25) is 14.6 Å². The van der Waals surface area contributed by atoms with Gasteiger partial charge in [0.1, 0.15) is 0 Å². The predicted octanol–water partition coefficient (Wildman–Crippen LogP) is 3.93. The second-order valence-corrected chi connectivity index (χ2v) is 6.50. The number of nitrogens with zero attached hydrogens (tertiary/aromatic N) is 1. The molecular weight excluding hydrogens is 356 g/mol. The van der Waals surface area contributed by atoms with Crippen molar-refractivity contribution in [3.63, 3.8) is 0 Å². The first-order chi connectivity index (χ1) is 13.3. The van der Waals surface area contributed by atoms with Crippen molar-refractivity contribution in [3.8, 4) is 0 Å². The van der Waals surface area contributed by atoms with E-state index in [0.29, 0.717) is 33.4 Å². The zero-order chi connectivity index (χ0) is 20.3. The number of carbonyl (C=O) groups excluding carboxylic acids is 3. The Morgan fingerprint density at radius 2 is 1.71 bits per heavy atom. The summed E-state index contributed by atoms with van der Waals surface area (Å²) >= 11 is 0. The topological polar surface area (TPSA) is 85.4 Å². The Hall–Kier alpha value is -3.54. The van der Waals surface area contributed by atoms with E-state index in [1.165, 1.54) is 13.8 Å². The lowest BCUT2D eigenvalue weighted by atomic mass is 10.1. The molecule has 0 radical (unpaired) electrons. The molecule has 1 amide bonds. The van der Waals surface area contributed by atoms with Gasteiger partial charge in [0.05, 0.1) is 11.1 Å². The van der Waals surface area contributed by atoms with Crippen LogP contribution < -0.4 is 5.32 Å². The number of para-hydroxylation sites is 1. The van der Waals surface area contributed by atoms with E-state index in [1.807, 2.05) is 18.2 Å². The zero-order valence-electron chi connectivity index (χ0n) is 15.9. The second kappa shape index (κ2) is 8.00. The molecule has 6 heteroatoms. The quantitative estimate of drug-likeness (QED) is 0.539. The number of rotatable bonds is 5. The van der Waals surface area contributed by atoms with Crippen molar-refractivity contribution < 1.29 is 19.1 Å². The number of esters is 1. The number of fused-ring (bicyclic) bond motifs is 1. The Labute approximate surface area is 162 Å². The third-order valence-corrected chi connectivity index (χ3v) is 4.28. The summed E-state index contributed by atoms with van der Waals surface area (Å²) in [4.78, 5) is 40.7. The standard InChI is InChI=1S/C22H20N2O4/c1-13-12-19(18-6-4-5-7-20(18)23-13)22(27)28-15(3)21(26)24-17-10-8-16(9-11-17)14(2)25/h4-12,15H,1-3H3,(H,24,26)/t15-/m0/s1. The van der Waals surface area contributed by atoms with E-state index in [4.69, 9.17) is 4.74 Å². The largest absolute Gasteiger partial charge is 0.449 e. The highest BCUT2D eigenvalue weighted by molar-refractivity contribution is 6.05. The van der Waals surface area contributed by atoms with Crippen molar-refractivity contribution >= 4 is 34.3 Å². The maximum atomic E-state index is 12.6. The number of pyridine rings is 1. The molecule has 28 heavy (non-hydrogen) atoms. The van der Waals surface area contributed by atoms with Crippen LogP contribution in [0.3, 0.4) is 0 Å². The fourth-order valence-corrected chi connectivity index (χ4v) is 2.79. The fourth-order valence-electron chi connectivity index (χ4n) is 2.79. The van der Waals surface area contributed by atoms with Crippen LogP contribution in [0.1, 0.15) is 40.3 Å². The number of hydrogen-bond donors (Lipinski definition) is 1. The van der Waals surface area contributed by atoms with Crippen molar-refractivity contribution in [1.82, 2.24) is 4.98 Å². The average molecular weight is 376 g/mol. The van der Waals surface area contributed by atoms with Crippen LogP contribution in [0, 0.1) is 6.92 Å². The molecule has 0 spiro atoms. The summed E-state index contributed by atoms with van der Waals surface area (Å²) in [6, 6.07) is 15.4. The van der Waals surface area contributed by atoms with Crippen molar-refractivity contribution in [3.05, 3.63) is 71.4 Å². The molecule has 1 atom stereocenters. The normalized spacial score (nSPS) is 11.7. The fraction of sp³-hybridized carbons (Fsp3) is 0.182. The summed E-state index contributed by atoms with van der Waals surface area (Å²) in [5.41, 5.74) is 2.82. The summed E-state index contributed by atoms with van der Waals surface area (Å²) in [5.74, 6) is -1.10. The molecule has 0 unspecified atom stereocenters. The lowest BCUT2D eigenvalue weighted by molar-refractivity contribution is -0.123. The molecule has 6 nitrogen and oxygen atoms in total.